The topological polar surface area (TPSA) is 63.8 Å². The molecule has 1 amide bonds. The minimum atomic E-state index is -0.560. The Hall–Kier alpha value is -3.86. The second-order valence-electron chi connectivity index (χ2n) is 9.84. The maximum Gasteiger partial charge on any atom is 0.407 e. The van der Waals surface area contributed by atoms with Gasteiger partial charge in [-0.15, -0.1) is 5.10 Å². The molecule has 3 aromatic rings. The van der Waals surface area contributed by atoms with Gasteiger partial charge in [0.05, 0.1) is 18.0 Å². The van der Waals surface area contributed by atoms with E-state index in [0.717, 1.165) is 42.1 Å². The van der Waals surface area contributed by atoms with Crippen LogP contribution in [0.5, 0.6) is 0 Å². The highest BCUT2D eigenvalue weighted by Crippen LogP contribution is 2.32. The van der Waals surface area contributed by atoms with Gasteiger partial charge in [-0.1, -0.05) is 29.8 Å². The number of nitrogens with zero attached hydrogens (tertiary/aromatic N) is 4. The van der Waals surface area contributed by atoms with Gasteiger partial charge in [-0.05, 0) is 58.7 Å². The lowest BCUT2D eigenvalue weighted by Gasteiger charge is -2.33. The lowest BCUT2D eigenvalue weighted by atomic mass is 10.1. The SMILES string of the molecule is [C-]#[N+]c1ccc(-c2cc(N3CCCC(NC(=O)OC(C)(C)C)C3)nn2-c2ccc(C)cc2)cc1F. The number of halogens is 1. The van der Waals surface area contributed by atoms with Gasteiger partial charge < -0.3 is 15.0 Å². The summed E-state index contributed by atoms with van der Waals surface area (Å²) in [6, 6.07) is 14.4. The monoisotopic (exact) mass is 475 g/mol. The van der Waals surface area contributed by atoms with E-state index in [2.05, 4.69) is 15.1 Å². The number of alkyl carbamates (subject to hydrolysis) is 1. The molecule has 0 aliphatic carbocycles. The Balaban J connectivity index is 1.65. The summed E-state index contributed by atoms with van der Waals surface area (Å²) in [6.07, 6.45) is 1.32. The number of aromatic nitrogens is 2. The second-order valence-corrected chi connectivity index (χ2v) is 9.84. The van der Waals surface area contributed by atoms with Gasteiger partial charge in [0, 0.05) is 30.8 Å². The molecule has 1 aliphatic rings. The molecule has 1 aromatic heterocycles. The molecule has 1 aliphatic heterocycles. The predicted octanol–water partition coefficient (Wildman–Crippen LogP) is 6.03. The van der Waals surface area contributed by atoms with Crippen molar-refractivity contribution in [2.45, 2.75) is 52.2 Å². The summed E-state index contributed by atoms with van der Waals surface area (Å²) in [5, 5.41) is 7.84. The highest BCUT2D eigenvalue weighted by atomic mass is 19.1. The van der Waals surface area contributed by atoms with Crippen LogP contribution < -0.4 is 10.2 Å². The molecule has 0 saturated carbocycles. The van der Waals surface area contributed by atoms with Crippen molar-refractivity contribution < 1.29 is 13.9 Å². The fourth-order valence-corrected chi connectivity index (χ4v) is 4.15. The molecular weight excluding hydrogens is 445 g/mol. The van der Waals surface area contributed by atoms with Crippen LogP contribution in [0.3, 0.4) is 0 Å². The standard InChI is InChI=1S/C27H30FN5O2/c1-18-8-11-21(12-9-18)33-24(19-10-13-23(29-5)22(28)15-19)16-25(31-33)32-14-6-7-20(17-32)30-26(34)35-27(2,3)4/h8-13,15-16,20H,6-7,14,17H2,1-4H3,(H,30,34). The van der Waals surface area contributed by atoms with E-state index in [1.165, 1.54) is 12.1 Å². The molecule has 1 saturated heterocycles. The minimum absolute atomic E-state index is 0.0116. The van der Waals surface area contributed by atoms with Gasteiger partial charge in [-0.2, -0.15) is 0 Å². The molecule has 0 spiro atoms. The molecular formula is C27H30FN5O2. The summed E-state index contributed by atoms with van der Waals surface area (Å²) in [5.41, 5.74) is 2.77. The molecule has 4 rings (SSSR count). The number of benzene rings is 2. The van der Waals surface area contributed by atoms with Gasteiger partial charge in [0.1, 0.15) is 11.4 Å². The summed E-state index contributed by atoms with van der Waals surface area (Å²) in [6.45, 7) is 16.1. The molecule has 2 heterocycles. The fourth-order valence-electron chi connectivity index (χ4n) is 4.15. The fraction of sp³-hybridized carbons (Fsp3) is 0.370. The Kier molecular flexibility index (Phi) is 6.79. The molecule has 1 unspecified atom stereocenters. The van der Waals surface area contributed by atoms with Crippen molar-refractivity contribution >= 4 is 17.6 Å². The summed E-state index contributed by atoms with van der Waals surface area (Å²) in [7, 11) is 0. The second kappa shape index (κ2) is 9.79. The van der Waals surface area contributed by atoms with Crippen molar-refractivity contribution in [3.05, 3.63) is 71.3 Å². The first-order chi connectivity index (χ1) is 16.6. The zero-order valence-electron chi connectivity index (χ0n) is 20.5. The molecule has 0 radical (unpaired) electrons. The van der Waals surface area contributed by atoms with E-state index < -0.39 is 17.5 Å². The zero-order valence-corrected chi connectivity index (χ0v) is 20.5. The van der Waals surface area contributed by atoms with Crippen LogP contribution in [0.1, 0.15) is 39.2 Å². The number of piperidine rings is 1. The van der Waals surface area contributed by atoms with Crippen molar-refractivity contribution in [3.63, 3.8) is 0 Å². The van der Waals surface area contributed by atoms with E-state index in [-0.39, 0.29) is 11.7 Å². The number of ether oxygens (including phenoxy) is 1. The molecule has 1 fully saturated rings. The smallest absolute Gasteiger partial charge is 0.407 e. The quantitative estimate of drug-likeness (QED) is 0.468. The number of carbonyl (C=O) groups is 1. The molecule has 7 nitrogen and oxygen atoms in total. The maximum absolute atomic E-state index is 14.5. The van der Waals surface area contributed by atoms with Crippen LogP contribution in [0.15, 0.2) is 48.5 Å². The molecule has 35 heavy (non-hydrogen) atoms. The Morgan fingerprint density at radius 2 is 1.94 bits per heavy atom. The Morgan fingerprint density at radius 1 is 1.20 bits per heavy atom. The predicted molar refractivity (Wildman–Crippen MR) is 135 cm³/mol. The van der Waals surface area contributed by atoms with Crippen molar-refractivity contribution in [2.75, 3.05) is 18.0 Å². The average molecular weight is 476 g/mol. The van der Waals surface area contributed by atoms with Gasteiger partial charge in [0.15, 0.2) is 5.82 Å². The third kappa shape index (κ3) is 5.80. The number of aryl methyl sites for hydroxylation is 1. The van der Waals surface area contributed by atoms with Crippen molar-refractivity contribution in [1.29, 1.82) is 0 Å². The molecule has 1 N–H and O–H groups in total. The number of amides is 1. The van der Waals surface area contributed by atoms with Gasteiger partial charge in [-0.3, -0.25) is 0 Å². The zero-order chi connectivity index (χ0) is 25.2. The lowest BCUT2D eigenvalue weighted by molar-refractivity contribution is 0.0500. The molecule has 182 valence electrons. The van der Waals surface area contributed by atoms with E-state index >= 15 is 0 Å². The number of carbonyl (C=O) groups excluding carboxylic acids is 1. The Morgan fingerprint density at radius 3 is 2.60 bits per heavy atom. The highest BCUT2D eigenvalue weighted by molar-refractivity contribution is 5.70. The average Bonchev–Trinajstić information content (AvgIpc) is 3.24. The van der Waals surface area contributed by atoms with Gasteiger partial charge in [0.2, 0.25) is 5.69 Å². The van der Waals surface area contributed by atoms with E-state index in [4.69, 9.17) is 16.4 Å². The minimum Gasteiger partial charge on any atom is -0.444 e. The molecule has 2 aromatic carbocycles. The highest BCUT2D eigenvalue weighted by Gasteiger charge is 2.26. The maximum atomic E-state index is 14.5. The summed E-state index contributed by atoms with van der Waals surface area (Å²) >= 11 is 0. The summed E-state index contributed by atoms with van der Waals surface area (Å²) in [4.78, 5) is 17.6. The normalized spacial score (nSPS) is 16.0. The molecule has 1 atom stereocenters. The molecule has 0 bridgehead atoms. The van der Waals surface area contributed by atoms with Crippen molar-refractivity contribution in [2.24, 2.45) is 0 Å². The Bertz CT molecular complexity index is 1250. The third-order valence-electron chi connectivity index (χ3n) is 5.81. The first kappa shape index (κ1) is 24.3. The number of anilines is 1. The van der Waals surface area contributed by atoms with Crippen LogP contribution in [0.4, 0.5) is 20.7 Å². The summed E-state index contributed by atoms with van der Waals surface area (Å²) < 4.78 is 21.7. The summed E-state index contributed by atoms with van der Waals surface area (Å²) in [5.74, 6) is 0.182. The van der Waals surface area contributed by atoms with Crippen molar-refractivity contribution in [1.82, 2.24) is 15.1 Å². The number of nitrogens with one attached hydrogen (secondary N) is 1. The van der Waals surface area contributed by atoms with Crippen LogP contribution in [0, 0.1) is 19.3 Å². The van der Waals surface area contributed by atoms with Crippen LogP contribution >= 0.6 is 0 Å². The van der Waals surface area contributed by atoms with Gasteiger partial charge in [0.25, 0.3) is 0 Å². The van der Waals surface area contributed by atoms with Gasteiger partial charge >= 0.3 is 6.09 Å². The van der Waals surface area contributed by atoms with Crippen LogP contribution in [-0.4, -0.2) is 40.6 Å². The molecule has 8 heteroatoms. The first-order valence-electron chi connectivity index (χ1n) is 11.7. The van der Waals surface area contributed by atoms with Gasteiger partial charge in [-0.25, -0.2) is 18.7 Å². The lowest BCUT2D eigenvalue weighted by Crippen LogP contribution is -2.49. The van der Waals surface area contributed by atoms with E-state index in [1.54, 1.807) is 10.7 Å². The number of hydrogen-bond acceptors (Lipinski definition) is 4. The van der Waals surface area contributed by atoms with Crippen molar-refractivity contribution in [3.8, 4) is 16.9 Å². The van der Waals surface area contributed by atoms with Crippen LogP contribution in [-0.2, 0) is 4.74 Å². The van der Waals surface area contributed by atoms with Crippen LogP contribution in [0.2, 0.25) is 0 Å². The van der Waals surface area contributed by atoms with E-state index in [9.17, 15) is 9.18 Å². The first-order valence-corrected chi connectivity index (χ1v) is 11.7. The third-order valence-corrected chi connectivity index (χ3v) is 5.81. The van der Waals surface area contributed by atoms with E-state index in [0.29, 0.717) is 12.1 Å². The number of hydrogen-bond donors (Lipinski definition) is 1. The van der Waals surface area contributed by atoms with Crippen LogP contribution in [0.25, 0.3) is 21.8 Å². The van der Waals surface area contributed by atoms with E-state index in [1.807, 2.05) is 58.0 Å². The Labute approximate surface area is 205 Å². The largest absolute Gasteiger partial charge is 0.444 e. The number of rotatable bonds is 4.